The van der Waals surface area contributed by atoms with E-state index < -0.39 is 30.0 Å². The predicted octanol–water partition coefficient (Wildman–Crippen LogP) is 0.897. The van der Waals surface area contributed by atoms with Gasteiger partial charge < -0.3 is 20.0 Å². The lowest BCUT2D eigenvalue weighted by Crippen LogP contribution is -2.46. The molecule has 6 nitrogen and oxygen atoms in total. The number of β-amino-alcohol motifs (C(OH)–C–C–N with tert-alkyl or cyclic N) is 1. The normalized spacial score (nSPS) is 21.4. The number of hydrogen-bond acceptors (Lipinski definition) is 3. The number of amides is 2. The first kappa shape index (κ1) is 15.2. The van der Waals surface area contributed by atoms with Gasteiger partial charge in [-0.05, 0) is 17.7 Å². The van der Waals surface area contributed by atoms with Crippen molar-refractivity contribution in [1.29, 1.82) is 0 Å². The first-order valence-corrected chi connectivity index (χ1v) is 6.55. The molecule has 114 valence electrons. The van der Waals surface area contributed by atoms with Gasteiger partial charge in [0.05, 0.1) is 6.10 Å². The minimum atomic E-state index is -1.14. The molecule has 0 aromatic heterocycles. The van der Waals surface area contributed by atoms with Crippen LogP contribution in [0.15, 0.2) is 24.3 Å². The Morgan fingerprint density at radius 1 is 1.48 bits per heavy atom. The maximum Gasteiger partial charge on any atom is 0.326 e. The molecule has 2 atom stereocenters. The number of carbonyl (C=O) groups excluding carboxylic acids is 1. The molecule has 0 unspecified atom stereocenters. The zero-order valence-corrected chi connectivity index (χ0v) is 11.6. The topological polar surface area (TPSA) is 81.1 Å². The summed E-state index contributed by atoms with van der Waals surface area (Å²) in [6.45, 7) is 0.152. The Kier molecular flexibility index (Phi) is 4.42. The zero-order chi connectivity index (χ0) is 15.6. The third-order valence-electron chi connectivity index (χ3n) is 3.45. The molecule has 2 rings (SSSR count). The number of likely N-dealkylation sites (tertiary alicyclic amines) is 1. The number of aliphatic hydroxyl groups is 1. The van der Waals surface area contributed by atoms with E-state index in [0.29, 0.717) is 5.56 Å². The Hall–Kier alpha value is -2.15. The lowest BCUT2D eigenvalue weighted by molar-refractivity contribution is -0.141. The van der Waals surface area contributed by atoms with Crippen LogP contribution < -0.4 is 0 Å². The Morgan fingerprint density at radius 2 is 2.19 bits per heavy atom. The molecule has 2 N–H and O–H groups in total. The molecule has 7 heteroatoms. The van der Waals surface area contributed by atoms with E-state index in [0.717, 1.165) is 4.90 Å². The van der Waals surface area contributed by atoms with Crippen molar-refractivity contribution in [3.63, 3.8) is 0 Å². The number of halogens is 1. The molecule has 2 amide bonds. The smallest absolute Gasteiger partial charge is 0.326 e. The van der Waals surface area contributed by atoms with Gasteiger partial charge in [-0.3, -0.25) is 0 Å². The van der Waals surface area contributed by atoms with Gasteiger partial charge in [0.25, 0.3) is 0 Å². The van der Waals surface area contributed by atoms with Crippen molar-refractivity contribution in [3.8, 4) is 0 Å². The van der Waals surface area contributed by atoms with Crippen LogP contribution >= 0.6 is 0 Å². The number of hydrogen-bond donors (Lipinski definition) is 2. The van der Waals surface area contributed by atoms with Crippen LogP contribution in [-0.4, -0.2) is 57.8 Å². The Bertz CT molecular complexity index is 552. The molecule has 0 bridgehead atoms. The van der Waals surface area contributed by atoms with Gasteiger partial charge in [-0.1, -0.05) is 12.1 Å². The van der Waals surface area contributed by atoms with Crippen molar-refractivity contribution in [3.05, 3.63) is 35.6 Å². The highest BCUT2D eigenvalue weighted by Crippen LogP contribution is 2.20. The fourth-order valence-corrected chi connectivity index (χ4v) is 2.46. The highest BCUT2D eigenvalue weighted by atomic mass is 19.1. The number of aliphatic carboxylic acids is 1. The number of rotatable bonds is 3. The summed E-state index contributed by atoms with van der Waals surface area (Å²) in [7, 11) is 1.51. The first-order chi connectivity index (χ1) is 9.88. The molecular formula is C14H17FN2O4. The van der Waals surface area contributed by atoms with E-state index in [-0.39, 0.29) is 19.5 Å². The van der Waals surface area contributed by atoms with E-state index in [1.54, 1.807) is 12.1 Å². The average molecular weight is 296 g/mol. The number of aliphatic hydroxyl groups excluding tert-OH is 1. The van der Waals surface area contributed by atoms with Crippen LogP contribution in [0.5, 0.6) is 0 Å². The van der Waals surface area contributed by atoms with E-state index in [1.165, 1.54) is 24.1 Å². The van der Waals surface area contributed by atoms with Crippen molar-refractivity contribution >= 4 is 12.0 Å². The molecule has 1 aliphatic heterocycles. The van der Waals surface area contributed by atoms with E-state index in [9.17, 15) is 19.1 Å². The minimum absolute atomic E-state index is 0.0106. The number of carboxylic acid groups (broad SMARTS) is 1. The molecule has 1 aliphatic rings. The van der Waals surface area contributed by atoms with Crippen molar-refractivity contribution in [2.75, 3.05) is 13.6 Å². The minimum Gasteiger partial charge on any atom is -0.480 e. The van der Waals surface area contributed by atoms with Gasteiger partial charge in [0.1, 0.15) is 11.9 Å². The Labute approximate surface area is 121 Å². The second-order valence-electron chi connectivity index (χ2n) is 5.16. The van der Waals surface area contributed by atoms with Crippen molar-refractivity contribution in [1.82, 2.24) is 9.80 Å². The lowest BCUT2D eigenvalue weighted by atomic mass is 10.2. The average Bonchev–Trinajstić information content (AvgIpc) is 2.80. The molecule has 1 aromatic rings. The molecule has 0 saturated carbocycles. The maximum atomic E-state index is 13.1. The monoisotopic (exact) mass is 296 g/mol. The molecule has 1 fully saturated rings. The Morgan fingerprint density at radius 3 is 2.81 bits per heavy atom. The summed E-state index contributed by atoms with van der Waals surface area (Å²) in [5.41, 5.74) is 0.609. The molecule has 0 aliphatic carbocycles. The standard InChI is InChI=1S/C14H17FN2O4/c1-16(7-9-3-2-4-10(15)5-9)14(21)17-8-11(18)6-12(17)13(19)20/h2-5,11-12,18H,6-8H2,1H3,(H,19,20)/t11-,12+/m1/s1. The van der Waals surface area contributed by atoms with Gasteiger partial charge in [0, 0.05) is 26.6 Å². The molecule has 0 spiro atoms. The first-order valence-electron chi connectivity index (χ1n) is 6.55. The van der Waals surface area contributed by atoms with Gasteiger partial charge in [-0.2, -0.15) is 0 Å². The summed E-state index contributed by atoms with van der Waals surface area (Å²) in [6, 6.07) is 4.33. The molecule has 21 heavy (non-hydrogen) atoms. The van der Waals surface area contributed by atoms with Crippen molar-refractivity contribution in [2.24, 2.45) is 0 Å². The van der Waals surface area contributed by atoms with Gasteiger partial charge in [0.2, 0.25) is 0 Å². The van der Waals surface area contributed by atoms with Crippen LogP contribution in [0.3, 0.4) is 0 Å². The van der Waals surface area contributed by atoms with Crippen molar-refractivity contribution < 1.29 is 24.2 Å². The second-order valence-corrected chi connectivity index (χ2v) is 5.16. The zero-order valence-electron chi connectivity index (χ0n) is 11.6. The number of carboxylic acids is 1. The highest BCUT2D eigenvalue weighted by Gasteiger charge is 2.40. The van der Waals surface area contributed by atoms with Gasteiger partial charge in [0.15, 0.2) is 0 Å². The lowest BCUT2D eigenvalue weighted by Gasteiger charge is -2.27. The van der Waals surface area contributed by atoms with Crippen LogP contribution in [0.2, 0.25) is 0 Å². The summed E-state index contributed by atoms with van der Waals surface area (Å²) >= 11 is 0. The van der Waals surface area contributed by atoms with E-state index in [2.05, 4.69) is 0 Å². The van der Waals surface area contributed by atoms with Crippen LogP contribution in [0.1, 0.15) is 12.0 Å². The van der Waals surface area contributed by atoms with Gasteiger partial charge in [-0.15, -0.1) is 0 Å². The number of benzene rings is 1. The summed E-state index contributed by atoms with van der Waals surface area (Å²) in [4.78, 5) is 25.8. The molecule has 1 heterocycles. The largest absolute Gasteiger partial charge is 0.480 e. The SMILES string of the molecule is CN(Cc1cccc(F)c1)C(=O)N1C[C@H](O)C[C@H]1C(=O)O. The van der Waals surface area contributed by atoms with Crippen molar-refractivity contribution in [2.45, 2.75) is 25.1 Å². The third-order valence-corrected chi connectivity index (χ3v) is 3.45. The van der Waals surface area contributed by atoms with Crippen LogP contribution in [-0.2, 0) is 11.3 Å². The number of urea groups is 1. The fraction of sp³-hybridized carbons (Fsp3) is 0.429. The Balaban J connectivity index is 2.06. The summed E-state index contributed by atoms with van der Waals surface area (Å²) in [5, 5.41) is 18.6. The van der Waals surface area contributed by atoms with Crippen LogP contribution in [0.25, 0.3) is 0 Å². The summed E-state index contributed by atoms with van der Waals surface area (Å²) < 4.78 is 13.1. The predicted molar refractivity (Wildman–Crippen MR) is 72.0 cm³/mol. The maximum absolute atomic E-state index is 13.1. The fourth-order valence-electron chi connectivity index (χ4n) is 2.46. The van der Waals surface area contributed by atoms with Crippen LogP contribution in [0.4, 0.5) is 9.18 Å². The molecular weight excluding hydrogens is 279 g/mol. The highest BCUT2D eigenvalue weighted by molar-refractivity contribution is 5.83. The summed E-state index contributed by atoms with van der Waals surface area (Å²) in [6.07, 6.45) is -0.813. The van der Waals surface area contributed by atoms with E-state index in [4.69, 9.17) is 5.11 Å². The molecule has 1 saturated heterocycles. The third kappa shape index (κ3) is 3.49. The summed E-state index contributed by atoms with van der Waals surface area (Å²) in [5.74, 6) is -1.53. The quantitative estimate of drug-likeness (QED) is 0.868. The van der Waals surface area contributed by atoms with Gasteiger partial charge in [-0.25, -0.2) is 14.0 Å². The molecule has 1 aromatic carbocycles. The van der Waals surface area contributed by atoms with E-state index >= 15 is 0 Å². The molecule has 0 radical (unpaired) electrons. The number of carbonyl (C=O) groups is 2. The van der Waals surface area contributed by atoms with Gasteiger partial charge >= 0.3 is 12.0 Å². The number of nitrogens with zero attached hydrogens (tertiary/aromatic N) is 2. The van der Waals surface area contributed by atoms with Crippen LogP contribution in [0, 0.1) is 5.82 Å². The van der Waals surface area contributed by atoms with E-state index in [1.807, 2.05) is 0 Å². The second kappa shape index (κ2) is 6.09.